The van der Waals surface area contributed by atoms with Gasteiger partial charge in [0.1, 0.15) is 11.3 Å². The van der Waals surface area contributed by atoms with Crippen LogP contribution in [0.4, 0.5) is 0 Å². The summed E-state index contributed by atoms with van der Waals surface area (Å²) in [6.07, 6.45) is 7.65. The smallest absolute Gasteiger partial charge is 1.00 e. The molecule has 0 spiro atoms. The first-order valence-electron chi connectivity index (χ1n) is 5.70. The fraction of sp³-hybridized carbons (Fsp3) is 0.0667. The van der Waals surface area contributed by atoms with E-state index in [1.165, 1.54) is 6.08 Å². The molecule has 100 valence electrons. The van der Waals surface area contributed by atoms with Crippen molar-refractivity contribution >= 4 is 16.9 Å². The molecule has 0 radical (unpaired) electrons. The Balaban J connectivity index is 0. The van der Waals surface area contributed by atoms with Crippen LogP contribution >= 0.6 is 0 Å². The van der Waals surface area contributed by atoms with Gasteiger partial charge in [-0.25, -0.2) is 4.79 Å². The Morgan fingerprint density at radius 2 is 1.95 bits per heavy atom. The zero-order valence-electron chi connectivity index (χ0n) is 12.5. The van der Waals surface area contributed by atoms with Gasteiger partial charge in [0.2, 0.25) is 0 Å². The third kappa shape index (κ3) is 6.98. The number of phenolic OH excluding ortho intramolecular Hbond substituents is 1. The molecule has 0 saturated heterocycles. The molecular weight excluding hydrogens is 281 g/mol. The molecule has 0 bridgehead atoms. The van der Waals surface area contributed by atoms with Crippen LogP contribution in [0.2, 0.25) is 0 Å². The minimum Gasteiger partial charge on any atom is -1.00 e. The number of aromatic hydroxyl groups is 1. The molecule has 0 atom stereocenters. The van der Waals surface area contributed by atoms with Crippen LogP contribution in [0.5, 0.6) is 5.75 Å². The maximum atomic E-state index is 9.75. The van der Waals surface area contributed by atoms with E-state index in [2.05, 4.69) is 4.98 Å². The van der Waals surface area contributed by atoms with Gasteiger partial charge in [-0.2, -0.15) is 0 Å². The predicted octanol–water partition coefficient (Wildman–Crippen LogP) is 0.260. The normalized spacial score (nSPS) is 10.1. The molecule has 5 heteroatoms. The molecule has 2 rings (SSSR count). The molecule has 2 N–H and O–H groups in total. The molecule has 2 aromatic rings. The topological polar surface area (TPSA) is 70.4 Å². The largest absolute Gasteiger partial charge is 1.00 e. The van der Waals surface area contributed by atoms with E-state index >= 15 is 0 Å². The van der Waals surface area contributed by atoms with E-state index in [1.54, 1.807) is 30.5 Å². The number of hydrogen-bond donors (Lipinski definition) is 2. The first-order chi connectivity index (χ1) is 9.15. The van der Waals surface area contributed by atoms with Gasteiger partial charge in [0.25, 0.3) is 0 Å². The van der Waals surface area contributed by atoms with Gasteiger partial charge < -0.3 is 11.6 Å². The van der Waals surface area contributed by atoms with E-state index in [0.717, 1.165) is 11.5 Å². The van der Waals surface area contributed by atoms with Crippen molar-refractivity contribution in [3.63, 3.8) is 0 Å². The fourth-order valence-electron chi connectivity index (χ4n) is 1.34. The van der Waals surface area contributed by atoms with E-state index in [0.29, 0.717) is 5.52 Å². The number of carboxylic acid groups (broad SMARTS) is 1. The number of allylic oxidation sites excluding steroid dienone is 3. The number of aliphatic carboxylic acids is 1. The number of pyridine rings is 1. The van der Waals surface area contributed by atoms with Crippen LogP contribution in [0.3, 0.4) is 0 Å². The number of carboxylic acids is 1. The summed E-state index contributed by atoms with van der Waals surface area (Å²) in [5, 5.41) is 18.3. The molecule has 0 aliphatic rings. The zero-order valence-corrected chi connectivity index (χ0v) is 14.6. The SMILES string of the molecule is C/C=C/C=C/C(=O)O.Oc1cccc2cccnc12.[H-].[K+]. The number of para-hydroxylation sites is 1. The molecule has 4 nitrogen and oxygen atoms in total. The predicted molar refractivity (Wildman–Crippen MR) is 76.1 cm³/mol. The Hall–Kier alpha value is -0.984. The number of rotatable bonds is 2. The summed E-state index contributed by atoms with van der Waals surface area (Å²) in [6.45, 7) is 1.83. The summed E-state index contributed by atoms with van der Waals surface area (Å²) >= 11 is 0. The van der Waals surface area contributed by atoms with Crippen molar-refractivity contribution in [1.29, 1.82) is 0 Å². The third-order valence-corrected chi connectivity index (χ3v) is 2.15. The monoisotopic (exact) mass is 297 g/mol. The first-order valence-corrected chi connectivity index (χ1v) is 5.70. The van der Waals surface area contributed by atoms with Crippen molar-refractivity contribution in [2.45, 2.75) is 6.92 Å². The van der Waals surface area contributed by atoms with Crippen LogP contribution in [-0.4, -0.2) is 21.2 Å². The van der Waals surface area contributed by atoms with Crippen molar-refractivity contribution in [3.05, 3.63) is 60.8 Å². The zero-order chi connectivity index (χ0) is 14.1. The van der Waals surface area contributed by atoms with Gasteiger partial charge in [-0.05, 0) is 19.1 Å². The molecule has 0 fully saturated rings. The van der Waals surface area contributed by atoms with Gasteiger partial charge in [0.05, 0.1) is 0 Å². The number of nitrogens with zero attached hydrogens (tertiary/aromatic N) is 1. The Labute approximate surface area is 161 Å². The summed E-state index contributed by atoms with van der Waals surface area (Å²) < 4.78 is 0. The summed E-state index contributed by atoms with van der Waals surface area (Å²) in [4.78, 5) is 13.8. The number of hydrogen-bond acceptors (Lipinski definition) is 3. The summed E-state index contributed by atoms with van der Waals surface area (Å²) in [5.41, 5.74) is 0.662. The third-order valence-electron chi connectivity index (χ3n) is 2.15. The summed E-state index contributed by atoms with van der Waals surface area (Å²) in [7, 11) is 0. The van der Waals surface area contributed by atoms with Crippen LogP contribution in [0, 0.1) is 0 Å². The molecule has 0 unspecified atom stereocenters. The molecule has 20 heavy (non-hydrogen) atoms. The number of benzene rings is 1. The van der Waals surface area contributed by atoms with E-state index in [9.17, 15) is 9.90 Å². The van der Waals surface area contributed by atoms with Crippen LogP contribution in [0.15, 0.2) is 60.8 Å². The van der Waals surface area contributed by atoms with E-state index in [1.807, 2.05) is 25.1 Å². The number of carbonyl (C=O) groups is 1. The van der Waals surface area contributed by atoms with Gasteiger partial charge in [-0.15, -0.1) is 0 Å². The molecule has 0 aliphatic heterocycles. The number of phenols is 1. The van der Waals surface area contributed by atoms with Crippen molar-refractivity contribution < 1.29 is 67.8 Å². The Morgan fingerprint density at radius 1 is 1.25 bits per heavy atom. The van der Waals surface area contributed by atoms with Crippen LogP contribution in [0.25, 0.3) is 10.9 Å². The molecule has 0 saturated carbocycles. The minimum absolute atomic E-state index is 0. The number of aromatic nitrogens is 1. The molecular formula is C15H16KNO3. The quantitative estimate of drug-likeness (QED) is 0.474. The maximum Gasteiger partial charge on any atom is 1.00 e. The van der Waals surface area contributed by atoms with Crippen molar-refractivity contribution in [1.82, 2.24) is 4.98 Å². The van der Waals surface area contributed by atoms with E-state index < -0.39 is 5.97 Å². The molecule has 0 aliphatic carbocycles. The van der Waals surface area contributed by atoms with Gasteiger partial charge in [0, 0.05) is 17.7 Å². The van der Waals surface area contributed by atoms with E-state index in [4.69, 9.17) is 5.11 Å². The second kappa shape index (κ2) is 10.8. The van der Waals surface area contributed by atoms with Crippen molar-refractivity contribution in [3.8, 4) is 5.75 Å². The molecule has 1 aromatic heterocycles. The Kier molecular flexibility index (Phi) is 10.2. The van der Waals surface area contributed by atoms with Gasteiger partial charge >= 0.3 is 57.4 Å². The van der Waals surface area contributed by atoms with Crippen LogP contribution in [-0.2, 0) is 4.79 Å². The maximum absolute atomic E-state index is 9.75. The van der Waals surface area contributed by atoms with Crippen LogP contribution in [0.1, 0.15) is 8.35 Å². The Bertz CT molecular complexity index is 609. The number of fused-ring (bicyclic) bond motifs is 1. The van der Waals surface area contributed by atoms with Gasteiger partial charge in [0.15, 0.2) is 0 Å². The van der Waals surface area contributed by atoms with Crippen molar-refractivity contribution in [2.75, 3.05) is 0 Å². The Morgan fingerprint density at radius 3 is 2.55 bits per heavy atom. The van der Waals surface area contributed by atoms with Gasteiger partial charge in [-0.1, -0.05) is 36.4 Å². The summed E-state index contributed by atoms with van der Waals surface area (Å²) in [5.74, 6) is -0.675. The second-order valence-electron chi connectivity index (χ2n) is 3.58. The first kappa shape index (κ1) is 19.0. The van der Waals surface area contributed by atoms with Crippen LogP contribution < -0.4 is 51.4 Å². The van der Waals surface area contributed by atoms with E-state index in [-0.39, 0.29) is 58.6 Å². The molecule has 1 aromatic carbocycles. The molecule has 1 heterocycles. The average molecular weight is 297 g/mol. The van der Waals surface area contributed by atoms with Gasteiger partial charge in [-0.3, -0.25) is 4.98 Å². The minimum atomic E-state index is -0.914. The average Bonchev–Trinajstić information content (AvgIpc) is 2.40. The van der Waals surface area contributed by atoms with Crippen molar-refractivity contribution in [2.24, 2.45) is 0 Å². The summed E-state index contributed by atoms with van der Waals surface area (Å²) in [6, 6.07) is 9.13. The molecule has 0 amide bonds. The fourth-order valence-corrected chi connectivity index (χ4v) is 1.34. The second-order valence-corrected chi connectivity index (χ2v) is 3.58. The standard InChI is InChI=1S/C9H7NO.C6H8O2.K.H/c11-8-5-1-3-7-4-2-6-10-9(7)8;1-2-3-4-5-6(7)8;;/h1-6,11H;2-5H,1H3,(H,7,8);;/q;;+1;-1/b;3-2+,5-4+;;.